The minimum Gasteiger partial charge on any atom is -0.332 e. The number of thiocarbonyl (C=S) groups is 1. The Morgan fingerprint density at radius 3 is 2.17 bits per heavy atom. The van der Waals surface area contributed by atoms with Crippen LogP contribution < -0.4 is 10.6 Å². The van der Waals surface area contributed by atoms with Crippen LogP contribution in [0.3, 0.4) is 0 Å². The molecule has 0 heterocycles. The topological polar surface area (TPSA) is 24.1 Å². The van der Waals surface area contributed by atoms with Gasteiger partial charge >= 0.3 is 0 Å². The van der Waals surface area contributed by atoms with Crippen molar-refractivity contribution in [3.05, 3.63) is 54.1 Å². The quantitative estimate of drug-likeness (QED) is 0.568. The molecule has 2 aromatic rings. The van der Waals surface area contributed by atoms with Crippen molar-refractivity contribution in [3.8, 4) is 0 Å². The summed E-state index contributed by atoms with van der Waals surface area (Å²) in [5.74, 6) is 0. The Morgan fingerprint density at radius 1 is 0.944 bits per heavy atom. The second kappa shape index (κ2) is 5.89. The van der Waals surface area contributed by atoms with Gasteiger partial charge in [-0.15, -0.1) is 12.6 Å². The van der Waals surface area contributed by atoms with E-state index in [0.717, 1.165) is 21.8 Å². The highest BCUT2D eigenvalue weighted by atomic mass is 32.1. The smallest absolute Gasteiger partial charge is 0.175 e. The first-order valence-corrected chi connectivity index (χ1v) is 6.44. The Bertz CT molecular complexity index is 518. The summed E-state index contributed by atoms with van der Waals surface area (Å²) in [6.07, 6.45) is 0. The molecule has 0 unspecified atom stereocenters. The molecule has 2 rings (SSSR count). The van der Waals surface area contributed by atoms with E-state index in [-0.39, 0.29) is 0 Å². The monoisotopic (exact) mass is 274 g/mol. The van der Waals surface area contributed by atoms with E-state index < -0.39 is 0 Å². The molecule has 0 saturated heterocycles. The van der Waals surface area contributed by atoms with Crippen LogP contribution in [0, 0.1) is 6.92 Å². The lowest BCUT2D eigenvalue weighted by molar-refractivity contribution is 1.43. The van der Waals surface area contributed by atoms with Crippen LogP contribution in [0.1, 0.15) is 5.56 Å². The van der Waals surface area contributed by atoms with Gasteiger partial charge in [0, 0.05) is 10.6 Å². The van der Waals surface area contributed by atoms with Crippen molar-refractivity contribution >= 4 is 41.3 Å². The molecule has 0 fully saturated rings. The SMILES string of the molecule is Cc1ccccc1NC(=S)Nc1ccccc1S. The first-order chi connectivity index (χ1) is 8.66. The fraction of sp³-hybridized carbons (Fsp3) is 0.0714. The second-order valence-corrected chi connectivity index (χ2v) is 4.80. The molecule has 0 atom stereocenters. The third-order valence-electron chi connectivity index (χ3n) is 2.55. The molecule has 4 heteroatoms. The number of para-hydroxylation sites is 2. The van der Waals surface area contributed by atoms with Crippen LogP contribution >= 0.6 is 24.8 Å². The molecule has 2 nitrogen and oxygen atoms in total. The number of nitrogens with one attached hydrogen (secondary N) is 2. The van der Waals surface area contributed by atoms with Crippen molar-refractivity contribution in [2.75, 3.05) is 10.6 Å². The zero-order chi connectivity index (χ0) is 13.0. The zero-order valence-electron chi connectivity index (χ0n) is 9.97. The Balaban J connectivity index is 2.06. The van der Waals surface area contributed by atoms with Gasteiger partial charge in [-0.25, -0.2) is 0 Å². The molecule has 2 aromatic carbocycles. The number of rotatable bonds is 2. The molecular formula is C14H14N2S2. The predicted molar refractivity (Wildman–Crippen MR) is 84.7 cm³/mol. The fourth-order valence-electron chi connectivity index (χ4n) is 1.57. The predicted octanol–water partition coefficient (Wildman–Crippen LogP) is 4.09. The average Bonchev–Trinajstić information content (AvgIpc) is 2.35. The van der Waals surface area contributed by atoms with Gasteiger partial charge in [0.2, 0.25) is 0 Å². The number of benzene rings is 2. The molecule has 0 aliphatic carbocycles. The summed E-state index contributed by atoms with van der Waals surface area (Å²) in [6, 6.07) is 15.7. The third kappa shape index (κ3) is 3.24. The second-order valence-electron chi connectivity index (χ2n) is 3.91. The van der Waals surface area contributed by atoms with Gasteiger partial charge in [0.1, 0.15) is 0 Å². The Morgan fingerprint density at radius 2 is 1.50 bits per heavy atom. The van der Waals surface area contributed by atoms with E-state index in [4.69, 9.17) is 12.2 Å². The maximum Gasteiger partial charge on any atom is 0.175 e. The standard InChI is InChI=1S/C14H14N2S2/c1-10-6-2-3-7-11(10)15-14(18)16-12-8-4-5-9-13(12)17/h2-9,17H,1H3,(H2,15,16,18). The van der Waals surface area contributed by atoms with Crippen molar-refractivity contribution in [3.63, 3.8) is 0 Å². The van der Waals surface area contributed by atoms with Gasteiger partial charge in [0.05, 0.1) is 5.69 Å². The van der Waals surface area contributed by atoms with E-state index in [2.05, 4.69) is 23.3 Å². The van der Waals surface area contributed by atoms with Gasteiger partial charge in [-0.2, -0.15) is 0 Å². The summed E-state index contributed by atoms with van der Waals surface area (Å²) >= 11 is 9.65. The number of aryl methyl sites for hydroxylation is 1. The van der Waals surface area contributed by atoms with Crippen LogP contribution in [0.5, 0.6) is 0 Å². The molecule has 0 aliphatic rings. The summed E-state index contributed by atoms with van der Waals surface area (Å²) < 4.78 is 0. The molecule has 0 radical (unpaired) electrons. The van der Waals surface area contributed by atoms with Crippen molar-refractivity contribution < 1.29 is 0 Å². The molecular weight excluding hydrogens is 260 g/mol. The van der Waals surface area contributed by atoms with Crippen molar-refractivity contribution in [2.45, 2.75) is 11.8 Å². The molecule has 0 aromatic heterocycles. The maximum atomic E-state index is 5.28. The van der Waals surface area contributed by atoms with E-state index in [1.807, 2.05) is 55.5 Å². The number of thiol groups is 1. The van der Waals surface area contributed by atoms with Crippen LogP contribution in [-0.4, -0.2) is 5.11 Å². The minimum absolute atomic E-state index is 0.561. The van der Waals surface area contributed by atoms with Crippen LogP contribution in [0.4, 0.5) is 11.4 Å². The molecule has 0 amide bonds. The molecule has 18 heavy (non-hydrogen) atoms. The normalized spacial score (nSPS) is 9.89. The Labute approximate surface area is 118 Å². The van der Waals surface area contributed by atoms with Crippen LogP contribution in [0.15, 0.2) is 53.4 Å². The summed E-state index contributed by atoms with van der Waals surface area (Å²) in [6.45, 7) is 2.04. The summed E-state index contributed by atoms with van der Waals surface area (Å²) in [5.41, 5.74) is 3.05. The number of hydrogen-bond donors (Lipinski definition) is 3. The van der Waals surface area contributed by atoms with Crippen molar-refractivity contribution in [1.29, 1.82) is 0 Å². The highest BCUT2D eigenvalue weighted by Crippen LogP contribution is 2.19. The third-order valence-corrected chi connectivity index (χ3v) is 3.14. The van der Waals surface area contributed by atoms with Crippen LogP contribution in [-0.2, 0) is 0 Å². The highest BCUT2D eigenvalue weighted by Gasteiger charge is 2.02. The van der Waals surface area contributed by atoms with Crippen molar-refractivity contribution in [2.24, 2.45) is 0 Å². The van der Waals surface area contributed by atoms with E-state index in [1.165, 1.54) is 0 Å². The van der Waals surface area contributed by atoms with E-state index in [0.29, 0.717) is 5.11 Å². The molecule has 92 valence electrons. The lowest BCUT2D eigenvalue weighted by Crippen LogP contribution is -2.19. The van der Waals surface area contributed by atoms with Crippen LogP contribution in [0.25, 0.3) is 0 Å². The Kier molecular flexibility index (Phi) is 4.23. The maximum absolute atomic E-state index is 5.28. The molecule has 0 spiro atoms. The molecule has 2 N–H and O–H groups in total. The molecule has 0 saturated carbocycles. The zero-order valence-corrected chi connectivity index (χ0v) is 11.7. The first kappa shape index (κ1) is 12.9. The summed E-state index contributed by atoms with van der Waals surface area (Å²) in [4.78, 5) is 0.867. The van der Waals surface area contributed by atoms with E-state index in [1.54, 1.807) is 0 Å². The van der Waals surface area contributed by atoms with Crippen molar-refractivity contribution in [1.82, 2.24) is 0 Å². The molecule has 0 bridgehead atoms. The van der Waals surface area contributed by atoms with Gasteiger partial charge < -0.3 is 10.6 Å². The lowest BCUT2D eigenvalue weighted by atomic mass is 10.2. The van der Waals surface area contributed by atoms with Crippen LogP contribution in [0.2, 0.25) is 0 Å². The van der Waals surface area contributed by atoms with E-state index in [9.17, 15) is 0 Å². The lowest BCUT2D eigenvalue weighted by Gasteiger charge is -2.13. The minimum atomic E-state index is 0.561. The summed E-state index contributed by atoms with van der Waals surface area (Å²) in [7, 11) is 0. The average molecular weight is 274 g/mol. The number of hydrogen-bond acceptors (Lipinski definition) is 2. The molecule has 0 aliphatic heterocycles. The largest absolute Gasteiger partial charge is 0.332 e. The highest BCUT2D eigenvalue weighted by molar-refractivity contribution is 7.81. The van der Waals surface area contributed by atoms with Gasteiger partial charge in [0.25, 0.3) is 0 Å². The van der Waals surface area contributed by atoms with E-state index >= 15 is 0 Å². The number of anilines is 2. The fourth-order valence-corrected chi connectivity index (χ4v) is 2.00. The van der Waals surface area contributed by atoms with Gasteiger partial charge in [0.15, 0.2) is 5.11 Å². The Hall–Kier alpha value is -1.52. The van der Waals surface area contributed by atoms with Gasteiger partial charge in [-0.1, -0.05) is 30.3 Å². The first-order valence-electron chi connectivity index (χ1n) is 5.58. The van der Waals surface area contributed by atoms with Gasteiger partial charge in [-0.05, 0) is 42.9 Å². The summed E-state index contributed by atoms with van der Waals surface area (Å²) in [5, 5.41) is 6.86. The van der Waals surface area contributed by atoms with Gasteiger partial charge in [-0.3, -0.25) is 0 Å².